The van der Waals surface area contributed by atoms with E-state index in [0.29, 0.717) is 24.2 Å². The minimum Gasteiger partial charge on any atom is -0.393 e. The van der Waals surface area contributed by atoms with E-state index in [-0.39, 0.29) is 6.10 Å². The first kappa shape index (κ1) is 15.5. The molecule has 0 unspecified atom stereocenters. The van der Waals surface area contributed by atoms with Crippen LogP contribution in [0.4, 0.5) is 0 Å². The Kier molecular flexibility index (Phi) is 5.14. The molecule has 3 nitrogen and oxygen atoms in total. The van der Waals surface area contributed by atoms with E-state index >= 15 is 0 Å². The lowest BCUT2D eigenvalue weighted by atomic mass is 9.77. The third-order valence-electron chi connectivity index (χ3n) is 5.40. The predicted octanol–water partition coefficient (Wildman–Crippen LogP) is 3.33. The fraction of sp³-hybridized carbons (Fsp3) is 0.632. The Balaban J connectivity index is 1.45. The molecule has 1 aliphatic carbocycles. The molecule has 1 amide bonds. The molecular weight excluding hydrogens is 274 g/mol. The van der Waals surface area contributed by atoms with Crippen molar-refractivity contribution >= 4 is 5.91 Å². The summed E-state index contributed by atoms with van der Waals surface area (Å²) in [7, 11) is 0. The van der Waals surface area contributed by atoms with Crippen molar-refractivity contribution < 1.29 is 9.90 Å². The average Bonchev–Trinajstić information content (AvgIpc) is 2.57. The van der Waals surface area contributed by atoms with Gasteiger partial charge in [-0.2, -0.15) is 0 Å². The Morgan fingerprint density at radius 3 is 2.27 bits per heavy atom. The largest absolute Gasteiger partial charge is 0.393 e. The maximum absolute atomic E-state index is 12.4. The number of carbonyl (C=O) groups is 1. The first-order valence-electron chi connectivity index (χ1n) is 8.73. The third-order valence-corrected chi connectivity index (χ3v) is 5.40. The van der Waals surface area contributed by atoms with E-state index in [1.54, 1.807) is 0 Å². The van der Waals surface area contributed by atoms with Gasteiger partial charge in [-0.1, -0.05) is 30.3 Å². The second kappa shape index (κ2) is 7.28. The van der Waals surface area contributed by atoms with Crippen molar-refractivity contribution in [2.24, 2.45) is 5.92 Å². The summed E-state index contributed by atoms with van der Waals surface area (Å²) in [4.78, 5) is 14.3. The molecule has 0 atom stereocenters. The van der Waals surface area contributed by atoms with Gasteiger partial charge in [0.05, 0.1) is 6.10 Å². The Labute approximate surface area is 133 Å². The standard InChI is InChI=1S/C19H27NO2/c21-18-10-12-20(13-11-18)19(22)14-15-6-8-17(9-7-15)16-4-2-1-3-5-16/h1-5,15,17-18,21H,6-14H2. The van der Waals surface area contributed by atoms with E-state index in [2.05, 4.69) is 30.3 Å². The zero-order valence-electron chi connectivity index (χ0n) is 13.3. The van der Waals surface area contributed by atoms with Crippen molar-refractivity contribution in [2.45, 2.75) is 57.0 Å². The van der Waals surface area contributed by atoms with Crippen molar-refractivity contribution in [3.8, 4) is 0 Å². The lowest BCUT2D eigenvalue weighted by Gasteiger charge is -2.33. The van der Waals surface area contributed by atoms with Gasteiger partial charge in [-0.05, 0) is 55.9 Å². The second-order valence-electron chi connectivity index (χ2n) is 6.94. The van der Waals surface area contributed by atoms with E-state index in [0.717, 1.165) is 25.9 Å². The number of piperidine rings is 1. The van der Waals surface area contributed by atoms with Gasteiger partial charge >= 0.3 is 0 Å². The van der Waals surface area contributed by atoms with Crippen molar-refractivity contribution in [3.05, 3.63) is 35.9 Å². The van der Waals surface area contributed by atoms with Crippen LogP contribution in [0, 0.1) is 5.92 Å². The number of aliphatic hydroxyl groups is 1. The first-order valence-corrected chi connectivity index (χ1v) is 8.73. The molecule has 1 saturated carbocycles. The van der Waals surface area contributed by atoms with E-state index in [4.69, 9.17) is 0 Å². The molecule has 0 spiro atoms. The van der Waals surface area contributed by atoms with Crippen LogP contribution < -0.4 is 0 Å². The van der Waals surface area contributed by atoms with Crippen LogP contribution in [-0.4, -0.2) is 35.1 Å². The second-order valence-corrected chi connectivity index (χ2v) is 6.94. The molecule has 2 fully saturated rings. The normalized spacial score (nSPS) is 26.9. The topological polar surface area (TPSA) is 40.5 Å². The maximum Gasteiger partial charge on any atom is 0.222 e. The lowest BCUT2D eigenvalue weighted by molar-refractivity contribution is -0.134. The molecule has 3 rings (SSSR count). The molecule has 1 saturated heterocycles. The van der Waals surface area contributed by atoms with Gasteiger partial charge in [-0.3, -0.25) is 4.79 Å². The van der Waals surface area contributed by atoms with Crippen molar-refractivity contribution in [3.63, 3.8) is 0 Å². The number of nitrogens with zero attached hydrogens (tertiary/aromatic N) is 1. The highest BCUT2D eigenvalue weighted by atomic mass is 16.3. The predicted molar refractivity (Wildman–Crippen MR) is 87.6 cm³/mol. The lowest BCUT2D eigenvalue weighted by Crippen LogP contribution is -2.40. The molecule has 0 radical (unpaired) electrons. The van der Waals surface area contributed by atoms with Crippen molar-refractivity contribution in [2.75, 3.05) is 13.1 Å². The highest BCUT2D eigenvalue weighted by Gasteiger charge is 2.27. The molecular formula is C19H27NO2. The number of benzene rings is 1. The summed E-state index contributed by atoms with van der Waals surface area (Å²) >= 11 is 0. The Morgan fingerprint density at radius 2 is 1.64 bits per heavy atom. The van der Waals surface area contributed by atoms with Crippen LogP contribution in [-0.2, 0) is 4.79 Å². The zero-order valence-corrected chi connectivity index (χ0v) is 13.3. The van der Waals surface area contributed by atoms with Gasteiger partial charge in [0.2, 0.25) is 5.91 Å². The summed E-state index contributed by atoms with van der Waals surface area (Å²) in [6.07, 6.45) is 6.74. The molecule has 1 aliphatic heterocycles. The molecule has 2 aliphatic rings. The molecule has 1 aromatic rings. The van der Waals surface area contributed by atoms with Crippen LogP contribution in [0.2, 0.25) is 0 Å². The van der Waals surface area contributed by atoms with Gasteiger partial charge in [0.25, 0.3) is 0 Å². The Morgan fingerprint density at radius 1 is 1.00 bits per heavy atom. The number of hydrogen-bond acceptors (Lipinski definition) is 2. The highest BCUT2D eigenvalue weighted by Crippen LogP contribution is 2.37. The van der Waals surface area contributed by atoms with E-state index in [1.807, 2.05) is 4.90 Å². The summed E-state index contributed by atoms with van der Waals surface area (Å²) in [6.45, 7) is 1.47. The summed E-state index contributed by atoms with van der Waals surface area (Å²) < 4.78 is 0. The Bertz CT molecular complexity index is 471. The fourth-order valence-corrected chi connectivity index (χ4v) is 3.92. The van der Waals surface area contributed by atoms with Gasteiger partial charge in [-0.25, -0.2) is 0 Å². The smallest absolute Gasteiger partial charge is 0.222 e. The van der Waals surface area contributed by atoms with Gasteiger partial charge in [0.15, 0.2) is 0 Å². The molecule has 1 N–H and O–H groups in total. The summed E-state index contributed by atoms with van der Waals surface area (Å²) in [5, 5.41) is 9.53. The summed E-state index contributed by atoms with van der Waals surface area (Å²) in [5.41, 5.74) is 1.46. The van der Waals surface area contributed by atoms with E-state index < -0.39 is 0 Å². The van der Waals surface area contributed by atoms with Crippen LogP contribution in [0.1, 0.15) is 56.4 Å². The van der Waals surface area contributed by atoms with Crippen LogP contribution >= 0.6 is 0 Å². The van der Waals surface area contributed by atoms with Gasteiger partial charge in [-0.15, -0.1) is 0 Å². The quantitative estimate of drug-likeness (QED) is 0.930. The molecule has 1 aromatic carbocycles. The molecule has 22 heavy (non-hydrogen) atoms. The van der Waals surface area contributed by atoms with E-state index in [9.17, 15) is 9.90 Å². The monoisotopic (exact) mass is 301 g/mol. The summed E-state index contributed by atoms with van der Waals surface area (Å²) in [5.74, 6) is 1.53. The van der Waals surface area contributed by atoms with Crippen molar-refractivity contribution in [1.29, 1.82) is 0 Å². The number of rotatable bonds is 3. The van der Waals surface area contributed by atoms with E-state index in [1.165, 1.54) is 31.2 Å². The number of carbonyl (C=O) groups excluding carboxylic acids is 1. The molecule has 1 heterocycles. The number of likely N-dealkylation sites (tertiary alicyclic amines) is 1. The van der Waals surface area contributed by atoms with Crippen LogP contribution in [0.5, 0.6) is 0 Å². The average molecular weight is 301 g/mol. The molecule has 0 bridgehead atoms. The zero-order chi connectivity index (χ0) is 15.4. The number of hydrogen-bond donors (Lipinski definition) is 1. The molecule has 120 valence electrons. The summed E-state index contributed by atoms with van der Waals surface area (Å²) in [6, 6.07) is 10.8. The maximum atomic E-state index is 12.4. The van der Waals surface area contributed by atoms with Gasteiger partial charge in [0.1, 0.15) is 0 Å². The highest BCUT2D eigenvalue weighted by molar-refractivity contribution is 5.76. The molecule has 3 heteroatoms. The van der Waals surface area contributed by atoms with Gasteiger partial charge < -0.3 is 10.0 Å². The third kappa shape index (κ3) is 3.89. The van der Waals surface area contributed by atoms with Crippen molar-refractivity contribution in [1.82, 2.24) is 4.90 Å². The Hall–Kier alpha value is -1.35. The van der Waals surface area contributed by atoms with Crippen LogP contribution in [0.15, 0.2) is 30.3 Å². The fourth-order valence-electron chi connectivity index (χ4n) is 3.92. The number of aliphatic hydroxyl groups excluding tert-OH is 1. The minimum atomic E-state index is -0.203. The van der Waals surface area contributed by atoms with Crippen LogP contribution in [0.25, 0.3) is 0 Å². The first-order chi connectivity index (χ1) is 10.7. The minimum absolute atomic E-state index is 0.203. The molecule has 0 aromatic heterocycles. The van der Waals surface area contributed by atoms with Crippen LogP contribution in [0.3, 0.4) is 0 Å². The number of amides is 1. The SMILES string of the molecule is O=C(CC1CCC(c2ccccc2)CC1)N1CCC(O)CC1. The van der Waals surface area contributed by atoms with Gasteiger partial charge in [0, 0.05) is 19.5 Å².